The van der Waals surface area contributed by atoms with Gasteiger partial charge in [0.05, 0.1) is 12.7 Å². The summed E-state index contributed by atoms with van der Waals surface area (Å²) in [6, 6.07) is 21.8. The lowest BCUT2D eigenvalue weighted by atomic mass is 9.94. The normalized spacial score (nSPS) is 12.7. The second-order valence-electron chi connectivity index (χ2n) is 7.94. The van der Waals surface area contributed by atoms with Gasteiger partial charge in [0.15, 0.2) is 11.6 Å². The summed E-state index contributed by atoms with van der Waals surface area (Å²) in [6.07, 6.45) is -4.37. The number of alkyl halides is 3. The molecule has 0 aliphatic carbocycles. The number of fused-ring (bicyclic) bond motifs is 1. The zero-order valence-electron chi connectivity index (χ0n) is 18.2. The predicted octanol–water partition coefficient (Wildman–Crippen LogP) is 7.52. The van der Waals surface area contributed by atoms with Gasteiger partial charge >= 0.3 is 6.18 Å². The van der Waals surface area contributed by atoms with E-state index >= 15 is 0 Å². The Hall–Kier alpha value is -3.38. The first kappa shape index (κ1) is 22.8. The molecule has 0 amide bonds. The first-order valence-electron chi connectivity index (χ1n) is 10.5. The van der Waals surface area contributed by atoms with Crippen molar-refractivity contribution in [3.63, 3.8) is 0 Å². The summed E-state index contributed by atoms with van der Waals surface area (Å²) in [5.74, 6) is -0.222. The van der Waals surface area contributed by atoms with Crippen LogP contribution in [0.5, 0.6) is 5.75 Å². The van der Waals surface area contributed by atoms with Crippen molar-refractivity contribution in [2.75, 3.05) is 7.11 Å². The second kappa shape index (κ2) is 9.24. The first-order chi connectivity index (χ1) is 15.8. The fourth-order valence-electron chi connectivity index (χ4n) is 3.89. The highest BCUT2D eigenvalue weighted by Crippen LogP contribution is 2.34. The average Bonchev–Trinajstić information content (AvgIpc) is 2.81. The molecule has 0 unspecified atom stereocenters. The van der Waals surface area contributed by atoms with Crippen molar-refractivity contribution in [2.45, 2.75) is 25.7 Å². The Morgan fingerprint density at radius 1 is 0.909 bits per heavy atom. The van der Waals surface area contributed by atoms with Crippen LogP contribution in [0, 0.1) is 5.82 Å². The van der Waals surface area contributed by atoms with E-state index in [0.29, 0.717) is 6.54 Å². The largest absolute Gasteiger partial charge is 0.494 e. The van der Waals surface area contributed by atoms with E-state index in [4.69, 9.17) is 4.74 Å². The third-order valence-corrected chi connectivity index (χ3v) is 5.73. The van der Waals surface area contributed by atoms with Crippen LogP contribution < -0.4 is 10.1 Å². The van der Waals surface area contributed by atoms with E-state index in [1.54, 1.807) is 12.1 Å². The van der Waals surface area contributed by atoms with Crippen LogP contribution in [0.2, 0.25) is 0 Å². The molecular formula is C27H23F4NO. The first-order valence-corrected chi connectivity index (χ1v) is 10.5. The van der Waals surface area contributed by atoms with E-state index in [1.807, 2.05) is 37.3 Å². The van der Waals surface area contributed by atoms with Gasteiger partial charge in [0, 0.05) is 12.6 Å². The third-order valence-electron chi connectivity index (χ3n) is 5.73. The number of hydrogen-bond acceptors (Lipinski definition) is 2. The summed E-state index contributed by atoms with van der Waals surface area (Å²) in [5, 5.41) is 5.40. The summed E-state index contributed by atoms with van der Waals surface area (Å²) >= 11 is 0. The van der Waals surface area contributed by atoms with Gasteiger partial charge in [0.2, 0.25) is 0 Å². The second-order valence-corrected chi connectivity index (χ2v) is 7.94. The summed E-state index contributed by atoms with van der Waals surface area (Å²) in [6.45, 7) is 2.50. The fraction of sp³-hybridized carbons (Fsp3) is 0.185. The smallest absolute Gasteiger partial charge is 0.416 e. The Labute approximate surface area is 189 Å². The molecule has 4 aromatic rings. The molecule has 0 aromatic heterocycles. The molecule has 33 heavy (non-hydrogen) atoms. The molecule has 170 valence electrons. The van der Waals surface area contributed by atoms with Gasteiger partial charge in [-0.15, -0.1) is 0 Å². The van der Waals surface area contributed by atoms with Crippen molar-refractivity contribution in [1.82, 2.24) is 5.32 Å². The number of ether oxygens (including phenoxy) is 1. The molecule has 6 heteroatoms. The Morgan fingerprint density at radius 3 is 2.33 bits per heavy atom. The highest BCUT2D eigenvalue weighted by atomic mass is 19.4. The van der Waals surface area contributed by atoms with Crippen LogP contribution in [0.1, 0.15) is 29.7 Å². The fourth-order valence-corrected chi connectivity index (χ4v) is 3.89. The van der Waals surface area contributed by atoms with E-state index < -0.39 is 17.6 Å². The lowest BCUT2D eigenvalue weighted by Crippen LogP contribution is -2.18. The standard InChI is InChI=1S/C27H23F4NO/c1-17(20-9-12-25(28)26(15-20)33-2)32-16-18-13-21-5-3-4-6-23(21)24(14-18)19-7-10-22(11-8-19)27(29,30)31/h3-15,17,32H,16H2,1-2H3/t17-/m1/s1. The zero-order valence-corrected chi connectivity index (χ0v) is 18.2. The van der Waals surface area contributed by atoms with Crippen LogP contribution in [-0.4, -0.2) is 7.11 Å². The summed E-state index contributed by atoms with van der Waals surface area (Å²) in [5.41, 5.74) is 2.80. The van der Waals surface area contributed by atoms with E-state index in [2.05, 4.69) is 11.4 Å². The maximum Gasteiger partial charge on any atom is 0.416 e. The molecule has 0 radical (unpaired) electrons. The van der Waals surface area contributed by atoms with E-state index in [-0.39, 0.29) is 11.8 Å². The highest BCUT2D eigenvalue weighted by molar-refractivity contribution is 5.97. The molecule has 0 aliphatic rings. The molecule has 0 aliphatic heterocycles. The number of hydrogen-bond donors (Lipinski definition) is 1. The molecule has 0 bridgehead atoms. The molecule has 2 nitrogen and oxygen atoms in total. The highest BCUT2D eigenvalue weighted by Gasteiger charge is 2.30. The van der Waals surface area contributed by atoms with Crippen molar-refractivity contribution < 1.29 is 22.3 Å². The van der Waals surface area contributed by atoms with Crippen molar-refractivity contribution in [3.05, 3.63) is 101 Å². The average molecular weight is 453 g/mol. The number of rotatable bonds is 6. The van der Waals surface area contributed by atoms with Gasteiger partial charge in [0.1, 0.15) is 0 Å². The summed E-state index contributed by atoms with van der Waals surface area (Å²) in [7, 11) is 1.43. The SMILES string of the molecule is COc1cc([C@@H](C)NCc2cc(-c3ccc(C(F)(F)F)cc3)c3ccccc3c2)ccc1F. The summed E-state index contributed by atoms with van der Waals surface area (Å²) in [4.78, 5) is 0. The Kier molecular flexibility index (Phi) is 6.38. The predicted molar refractivity (Wildman–Crippen MR) is 123 cm³/mol. The molecule has 0 saturated heterocycles. The van der Waals surface area contributed by atoms with Crippen LogP contribution in [0.4, 0.5) is 17.6 Å². The van der Waals surface area contributed by atoms with Gasteiger partial charge in [-0.1, -0.05) is 42.5 Å². The van der Waals surface area contributed by atoms with Gasteiger partial charge in [-0.2, -0.15) is 13.2 Å². The molecule has 4 aromatic carbocycles. The quantitative estimate of drug-likeness (QED) is 0.305. The molecule has 0 spiro atoms. The minimum Gasteiger partial charge on any atom is -0.494 e. The zero-order chi connectivity index (χ0) is 23.6. The number of nitrogens with one attached hydrogen (secondary N) is 1. The van der Waals surface area contributed by atoms with Gasteiger partial charge < -0.3 is 10.1 Å². The van der Waals surface area contributed by atoms with Crippen LogP contribution in [-0.2, 0) is 12.7 Å². The number of halogens is 4. The van der Waals surface area contributed by atoms with Crippen molar-refractivity contribution in [1.29, 1.82) is 0 Å². The Bertz CT molecular complexity index is 1270. The van der Waals surface area contributed by atoms with Crippen molar-refractivity contribution >= 4 is 10.8 Å². The minimum absolute atomic E-state index is 0.0690. The molecule has 0 saturated carbocycles. The van der Waals surface area contributed by atoms with Crippen LogP contribution in [0.15, 0.2) is 78.9 Å². The molecule has 4 rings (SSSR count). The maximum atomic E-state index is 13.7. The molecular weight excluding hydrogens is 430 g/mol. The Balaban J connectivity index is 1.63. The third kappa shape index (κ3) is 5.01. The number of benzene rings is 4. The maximum absolute atomic E-state index is 13.7. The van der Waals surface area contributed by atoms with Crippen molar-refractivity contribution in [3.8, 4) is 16.9 Å². The lowest BCUT2D eigenvalue weighted by Gasteiger charge is -2.17. The molecule has 0 heterocycles. The van der Waals surface area contributed by atoms with E-state index in [9.17, 15) is 17.6 Å². The topological polar surface area (TPSA) is 21.3 Å². The molecule has 1 N–H and O–H groups in total. The van der Waals surface area contributed by atoms with Crippen molar-refractivity contribution in [2.24, 2.45) is 0 Å². The molecule has 0 fully saturated rings. The minimum atomic E-state index is -4.37. The van der Waals surface area contributed by atoms with Gasteiger partial charge in [-0.25, -0.2) is 4.39 Å². The monoisotopic (exact) mass is 453 g/mol. The lowest BCUT2D eigenvalue weighted by molar-refractivity contribution is -0.137. The Morgan fingerprint density at radius 2 is 1.64 bits per heavy atom. The van der Waals surface area contributed by atoms with E-state index in [1.165, 1.54) is 25.3 Å². The van der Waals surface area contributed by atoms with Gasteiger partial charge in [0.25, 0.3) is 0 Å². The van der Waals surface area contributed by atoms with E-state index in [0.717, 1.165) is 45.2 Å². The molecule has 1 atom stereocenters. The van der Waals surface area contributed by atoms with Crippen LogP contribution in [0.25, 0.3) is 21.9 Å². The van der Waals surface area contributed by atoms with Crippen LogP contribution >= 0.6 is 0 Å². The van der Waals surface area contributed by atoms with Gasteiger partial charge in [-0.3, -0.25) is 0 Å². The number of methoxy groups -OCH3 is 1. The van der Waals surface area contributed by atoms with Gasteiger partial charge in [-0.05, 0) is 76.3 Å². The summed E-state index contributed by atoms with van der Waals surface area (Å²) < 4.78 is 57.8. The van der Waals surface area contributed by atoms with Crippen LogP contribution in [0.3, 0.4) is 0 Å².